The Kier molecular flexibility index (Phi) is 6.14. The van der Waals surface area contributed by atoms with E-state index in [4.69, 9.17) is 0 Å². The molecule has 0 aromatic carbocycles. The summed E-state index contributed by atoms with van der Waals surface area (Å²) in [5, 5.41) is 0. The van der Waals surface area contributed by atoms with Crippen LogP contribution in [0.3, 0.4) is 0 Å². The van der Waals surface area contributed by atoms with E-state index in [0.29, 0.717) is 0 Å². The SMILES string of the molecule is CC.CC(C)C1CC=CCC1C. The minimum Gasteiger partial charge on any atom is -0.0883 e. The second-order valence-electron chi connectivity index (χ2n) is 3.83. The molecule has 1 aliphatic carbocycles. The average Bonchev–Trinajstić information content (AvgIpc) is 2.08. The van der Waals surface area contributed by atoms with Crippen LogP contribution in [0.2, 0.25) is 0 Å². The first-order chi connectivity index (χ1) is 5.72. The predicted octanol–water partition coefficient (Wildman–Crippen LogP) is 4.27. The second kappa shape index (κ2) is 6.28. The maximum absolute atomic E-state index is 2.37. The van der Waals surface area contributed by atoms with Gasteiger partial charge in [-0.2, -0.15) is 0 Å². The van der Waals surface area contributed by atoms with Crippen molar-refractivity contribution in [3.63, 3.8) is 0 Å². The van der Waals surface area contributed by atoms with Crippen LogP contribution in [0.15, 0.2) is 12.2 Å². The van der Waals surface area contributed by atoms with Gasteiger partial charge in [-0.1, -0.05) is 46.8 Å². The van der Waals surface area contributed by atoms with Crippen molar-refractivity contribution in [3.05, 3.63) is 12.2 Å². The van der Waals surface area contributed by atoms with E-state index in [1.54, 1.807) is 0 Å². The summed E-state index contributed by atoms with van der Waals surface area (Å²) in [7, 11) is 0. The fraction of sp³-hybridized carbons (Fsp3) is 0.833. The molecule has 0 aromatic rings. The highest BCUT2D eigenvalue weighted by atomic mass is 14.3. The summed E-state index contributed by atoms with van der Waals surface area (Å²) in [5.74, 6) is 2.70. The van der Waals surface area contributed by atoms with Crippen LogP contribution in [-0.4, -0.2) is 0 Å². The lowest BCUT2D eigenvalue weighted by molar-refractivity contribution is 0.264. The Bertz CT molecular complexity index is 122. The molecule has 0 N–H and O–H groups in total. The highest BCUT2D eigenvalue weighted by Crippen LogP contribution is 2.30. The Balaban J connectivity index is 0.000000561. The van der Waals surface area contributed by atoms with Gasteiger partial charge in [0.05, 0.1) is 0 Å². The lowest BCUT2D eigenvalue weighted by atomic mass is 9.77. The van der Waals surface area contributed by atoms with E-state index in [1.807, 2.05) is 13.8 Å². The molecule has 1 rings (SSSR count). The van der Waals surface area contributed by atoms with E-state index < -0.39 is 0 Å². The Hall–Kier alpha value is -0.260. The fourth-order valence-electron chi connectivity index (χ4n) is 1.90. The van der Waals surface area contributed by atoms with Crippen LogP contribution in [0.5, 0.6) is 0 Å². The van der Waals surface area contributed by atoms with Gasteiger partial charge in [-0.05, 0) is 30.6 Å². The quantitative estimate of drug-likeness (QED) is 0.513. The van der Waals surface area contributed by atoms with Crippen LogP contribution in [0.1, 0.15) is 47.5 Å². The minimum absolute atomic E-state index is 0.861. The summed E-state index contributed by atoms with van der Waals surface area (Å²) >= 11 is 0. The van der Waals surface area contributed by atoms with Crippen molar-refractivity contribution in [2.75, 3.05) is 0 Å². The van der Waals surface area contributed by atoms with Gasteiger partial charge in [0.1, 0.15) is 0 Å². The highest BCUT2D eigenvalue weighted by molar-refractivity contribution is 4.93. The zero-order valence-corrected chi connectivity index (χ0v) is 9.30. The van der Waals surface area contributed by atoms with Gasteiger partial charge in [-0.25, -0.2) is 0 Å². The Labute approximate surface area is 78.1 Å². The summed E-state index contributed by atoms with van der Waals surface area (Å²) in [5.41, 5.74) is 0. The van der Waals surface area contributed by atoms with Gasteiger partial charge in [-0.15, -0.1) is 0 Å². The molecule has 0 nitrogen and oxygen atoms in total. The third kappa shape index (κ3) is 3.42. The first-order valence-corrected chi connectivity index (χ1v) is 5.37. The molecular weight excluding hydrogens is 144 g/mol. The Morgan fingerprint density at radius 3 is 1.92 bits per heavy atom. The van der Waals surface area contributed by atoms with Crippen LogP contribution in [0.25, 0.3) is 0 Å². The fourth-order valence-corrected chi connectivity index (χ4v) is 1.90. The highest BCUT2D eigenvalue weighted by Gasteiger charge is 2.20. The monoisotopic (exact) mass is 168 g/mol. The van der Waals surface area contributed by atoms with Crippen molar-refractivity contribution in [2.45, 2.75) is 47.5 Å². The number of hydrogen-bond donors (Lipinski definition) is 0. The number of allylic oxidation sites excluding steroid dienone is 2. The average molecular weight is 168 g/mol. The smallest absolute Gasteiger partial charge is 0.0317 e. The molecule has 0 saturated carbocycles. The summed E-state index contributed by atoms with van der Waals surface area (Å²) in [6, 6.07) is 0. The van der Waals surface area contributed by atoms with E-state index in [0.717, 1.165) is 17.8 Å². The predicted molar refractivity (Wildman–Crippen MR) is 57.2 cm³/mol. The zero-order chi connectivity index (χ0) is 9.56. The molecular formula is C12H24. The maximum Gasteiger partial charge on any atom is -0.0317 e. The Morgan fingerprint density at radius 2 is 1.58 bits per heavy atom. The van der Waals surface area contributed by atoms with Gasteiger partial charge in [0.2, 0.25) is 0 Å². The van der Waals surface area contributed by atoms with Crippen molar-refractivity contribution in [1.82, 2.24) is 0 Å². The molecule has 1 aliphatic rings. The molecule has 2 unspecified atom stereocenters. The summed E-state index contributed by atoms with van der Waals surface area (Å²) < 4.78 is 0. The molecule has 0 bridgehead atoms. The second-order valence-corrected chi connectivity index (χ2v) is 3.83. The minimum atomic E-state index is 0.861. The summed E-state index contributed by atoms with van der Waals surface area (Å²) in [4.78, 5) is 0. The van der Waals surface area contributed by atoms with Gasteiger partial charge in [0.25, 0.3) is 0 Å². The molecule has 0 radical (unpaired) electrons. The van der Waals surface area contributed by atoms with Crippen LogP contribution >= 0.6 is 0 Å². The third-order valence-electron chi connectivity index (χ3n) is 2.67. The van der Waals surface area contributed by atoms with E-state index in [1.165, 1.54) is 12.8 Å². The van der Waals surface area contributed by atoms with Crippen LogP contribution in [-0.2, 0) is 0 Å². The zero-order valence-electron chi connectivity index (χ0n) is 9.30. The first-order valence-electron chi connectivity index (χ1n) is 5.37. The Morgan fingerprint density at radius 1 is 1.08 bits per heavy atom. The van der Waals surface area contributed by atoms with Gasteiger partial charge >= 0.3 is 0 Å². The van der Waals surface area contributed by atoms with Crippen LogP contribution < -0.4 is 0 Å². The molecule has 0 aromatic heterocycles. The van der Waals surface area contributed by atoms with Gasteiger partial charge in [0, 0.05) is 0 Å². The topological polar surface area (TPSA) is 0 Å². The molecule has 72 valence electrons. The van der Waals surface area contributed by atoms with E-state index >= 15 is 0 Å². The summed E-state index contributed by atoms with van der Waals surface area (Å²) in [6.07, 6.45) is 7.26. The first kappa shape index (κ1) is 11.7. The van der Waals surface area contributed by atoms with Crippen molar-refractivity contribution < 1.29 is 0 Å². The molecule has 0 spiro atoms. The molecule has 0 amide bonds. The number of rotatable bonds is 1. The molecule has 2 atom stereocenters. The number of hydrogen-bond acceptors (Lipinski definition) is 0. The molecule has 0 saturated heterocycles. The lowest BCUT2D eigenvalue weighted by Gasteiger charge is -2.28. The van der Waals surface area contributed by atoms with Crippen molar-refractivity contribution in [1.29, 1.82) is 0 Å². The van der Waals surface area contributed by atoms with Gasteiger partial charge in [-0.3, -0.25) is 0 Å². The van der Waals surface area contributed by atoms with Crippen LogP contribution in [0.4, 0.5) is 0 Å². The van der Waals surface area contributed by atoms with Crippen molar-refractivity contribution in [2.24, 2.45) is 17.8 Å². The molecule has 0 heterocycles. The third-order valence-corrected chi connectivity index (χ3v) is 2.67. The van der Waals surface area contributed by atoms with E-state index in [2.05, 4.69) is 32.9 Å². The molecule has 12 heavy (non-hydrogen) atoms. The van der Waals surface area contributed by atoms with Gasteiger partial charge in [0.15, 0.2) is 0 Å². The normalized spacial score (nSPS) is 28.2. The lowest BCUT2D eigenvalue weighted by Crippen LogP contribution is -2.18. The van der Waals surface area contributed by atoms with Gasteiger partial charge < -0.3 is 0 Å². The largest absolute Gasteiger partial charge is 0.0883 e. The standard InChI is InChI=1S/C10H18.C2H6/c1-8(2)10-7-5-4-6-9(10)3;1-2/h4-5,8-10H,6-7H2,1-3H3;1-2H3. The van der Waals surface area contributed by atoms with E-state index in [9.17, 15) is 0 Å². The molecule has 0 aliphatic heterocycles. The van der Waals surface area contributed by atoms with Crippen LogP contribution in [0, 0.1) is 17.8 Å². The maximum atomic E-state index is 2.37. The van der Waals surface area contributed by atoms with Crippen molar-refractivity contribution in [3.8, 4) is 0 Å². The molecule has 0 fully saturated rings. The summed E-state index contributed by atoms with van der Waals surface area (Å²) in [6.45, 7) is 11.0. The molecule has 0 heteroatoms. The van der Waals surface area contributed by atoms with Crippen molar-refractivity contribution >= 4 is 0 Å². The van der Waals surface area contributed by atoms with E-state index in [-0.39, 0.29) is 0 Å².